The van der Waals surface area contributed by atoms with Gasteiger partial charge in [0.25, 0.3) is 0 Å². The maximum absolute atomic E-state index is 11.4. The van der Waals surface area contributed by atoms with E-state index in [2.05, 4.69) is 9.47 Å². The Morgan fingerprint density at radius 2 is 2.07 bits per heavy atom. The van der Waals surface area contributed by atoms with Gasteiger partial charge in [-0.25, -0.2) is 0 Å². The summed E-state index contributed by atoms with van der Waals surface area (Å²) in [6, 6.07) is -0.525. The van der Waals surface area contributed by atoms with Crippen molar-refractivity contribution < 1.29 is 19.1 Å². The molecule has 1 aliphatic rings. The van der Waals surface area contributed by atoms with Crippen LogP contribution in [-0.2, 0) is 19.1 Å². The maximum atomic E-state index is 11.4. The fourth-order valence-electron chi connectivity index (χ4n) is 1.73. The number of methoxy groups -OCH3 is 2. The van der Waals surface area contributed by atoms with E-state index < -0.39 is 6.04 Å². The lowest BCUT2D eigenvalue weighted by atomic mass is 10.2. The third kappa shape index (κ3) is 2.90. The molecular formula is C9H16N2O4. The molecule has 0 radical (unpaired) electrons. The van der Waals surface area contributed by atoms with Crippen molar-refractivity contribution in [3.8, 4) is 0 Å². The number of hydrogen-bond acceptors (Lipinski definition) is 6. The molecule has 0 aromatic heterocycles. The summed E-state index contributed by atoms with van der Waals surface area (Å²) in [7, 11) is 2.63. The second kappa shape index (κ2) is 5.09. The number of nitrogens with two attached hydrogens (primary N) is 1. The van der Waals surface area contributed by atoms with Crippen LogP contribution in [0.15, 0.2) is 0 Å². The maximum Gasteiger partial charge on any atom is 0.323 e. The van der Waals surface area contributed by atoms with Gasteiger partial charge in [0.2, 0.25) is 0 Å². The van der Waals surface area contributed by atoms with Crippen molar-refractivity contribution in [3.63, 3.8) is 0 Å². The number of ether oxygens (including phenoxy) is 2. The number of nitrogens with zero attached hydrogens (tertiary/aromatic N) is 1. The van der Waals surface area contributed by atoms with Gasteiger partial charge < -0.3 is 15.2 Å². The third-order valence-electron chi connectivity index (χ3n) is 2.47. The van der Waals surface area contributed by atoms with Crippen molar-refractivity contribution in [1.82, 2.24) is 4.90 Å². The summed E-state index contributed by atoms with van der Waals surface area (Å²) in [5, 5.41) is 0. The van der Waals surface area contributed by atoms with E-state index in [1.54, 1.807) is 4.90 Å². The molecule has 1 saturated heterocycles. The lowest BCUT2D eigenvalue weighted by Crippen LogP contribution is -2.40. The first-order valence-corrected chi connectivity index (χ1v) is 4.72. The zero-order valence-corrected chi connectivity index (χ0v) is 8.93. The van der Waals surface area contributed by atoms with Crippen LogP contribution in [0, 0.1) is 0 Å². The first-order valence-electron chi connectivity index (χ1n) is 4.72. The molecule has 2 N–H and O–H groups in total. The standard InChI is InChI=1S/C9H16N2O4/c1-14-8(12)5-11-4-6(10)3-7(11)9(13)15-2/h6-7H,3-5,10H2,1-2H3/t6-,7-/m0/s1. The van der Waals surface area contributed by atoms with Crippen LogP contribution in [0.2, 0.25) is 0 Å². The first kappa shape index (κ1) is 11.9. The highest BCUT2D eigenvalue weighted by Crippen LogP contribution is 2.17. The molecule has 15 heavy (non-hydrogen) atoms. The Labute approximate surface area is 88.3 Å². The molecule has 0 aromatic carbocycles. The summed E-state index contributed by atoms with van der Waals surface area (Å²) in [4.78, 5) is 24.1. The van der Waals surface area contributed by atoms with Gasteiger partial charge in [0.15, 0.2) is 0 Å². The number of carbonyl (C=O) groups excluding carboxylic acids is 2. The topological polar surface area (TPSA) is 81.9 Å². The fourth-order valence-corrected chi connectivity index (χ4v) is 1.73. The first-order chi connectivity index (χ1) is 7.08. The molecule has 2 atom stereocenters. The Balaban J connectivity index is 2.60. The largest absolute Gasteiger partial charge is 0.468 e. The molecule has 0 aliphatic carbocycles. The van der Waals surface area contributed by atoms with E-state index in [1.807, 2.05) is 0 Å². The van der Waals surface area contributed by atoms with Crippen LogP contribution in [0.25, 0.3) is 0 Å². The van der Waals surface area contributed by atoms with E-state index in [-0.39, 0.29) is 24.5 Å². The van der Waals surface area contributed by atoms with Crippen molar-refractivity contribution in [1.29, 1.82) is 0 Å². The van der Waals surface area contributed by atoms with E-state index in [0.717, 1.165) is 0 Å². The molecule has 0 saturated carbocycles. The summed E-state index contributed by atoms with van der Waals surface area (Å²) >= 11 is 0. The van der Waals surface area contributed by atoms with E-state index >= 15 is 0 Å². The van der Waals surface area contributed by atoms with Crippen LogP contribution in [0.4, 0.5) is 0 Å². The number of carbonyl (C=O) groups is 2. The van der Waals surface area contributed by atoms with Gasteiger partial charge >= 0.3 is 11.9 Å². The minimum absolute atomic E-state index is 0.0734. The van der Waals surface area contributed by atoms with Crippen LogP contribution < -0.4 is 5.73 Å². The van der Waals surface area contributed by atoms with Gasteiger partial charge in [-0.1, -0.05) is 0 Å². The van der Waals surface area contributed by atoms with E-state index in [0.29, 0.717) is 13.0 Å². The number of rotatable bonds is 3. The van der Waals surface area contributed by atoms with Gasteiger partial charge in [0.05, 0.1) is 20.8 Å². The minimum Gasteiger partial charge on any atom is -0.468 e. The second-order valence-electron chi connectivity index (χ2n) is 3.54. The smallest absolute Gasteiger partial charge is 0.323 e. The Hall–Kier alpha value is -1.14. The second-order valence-corrected chi connectivity index (χ2v) is 3.54. The molecule has 1 fully saturated rings. The van der Waals surface area contributed by atoms with Crippen molar-refractivity contribution in [2.45, 2.75) is 18.5 Å². The van der Waals surface area contributed by atoms with Crippen LogP contribution in [0.3, 0.4) is 0 Å². The van der Waals surface area contributed by atoms with Crippen LogP contribution in [0.1, 0.15) is 6.42 Å². The van der Waals surface area contributed by atoms with Crippen LogP contribution >= 0.6 is 0 Å². The number of hydrogen-bond donors (Lipinski definition) is 1. The molecule has 1 aliphatic heterocycles. The third-order valence-corrected chi connectivity index (χ3v) is 2.47. The molecule has 0 amide bonds. The predicted octanol–water partition coefficient (Wildman–Crippen LogP) is -1.27. The molecule has 86 valence electrons. The molecule has 0 spiro atoms. The van der Waals surface area contributed by atoms with Gasteiger partial charge in [-0.3, -0.25) is 14.5 Å². The van der Waals surface area contributed by atoms with Crippen molar-refractivity contribution >= 4 is 11.9 Å². The van der Waals surface area contributed by atoms with Gasteiger partial charge in [-0.05, 0) is 6.42 Å². The van der Waals surface area contributed by atoms with Crippen molar-refractivity contribution in [2.75, 3.05) is 27.3 Å². The molecule has 6 heteroatoms. The summed E-state index contributed by atoms with van der Waals surface area (Å²) < 4.78 is 9.18. The molecular weight excluding hydrogens is 200 g/mol. The summed E-state index contributed by atoms with van der Waals surface area (Å²) in [5.41, 5.74) is 5.72. The average Bonchev–Trinajstić information content (AvgIpc) is 2.58. The summed E-state index contributed by atoms with van der Waals surface area (Å²) in [5.74, 6) is -0.732. The van der Waals surface area contributed by atoms with Crippen LogP contribution in [-0.4, -0.2) is 56.2 Å². The number of likely N-dealkylation sites (tertiary alicyclic amines) is 1. The van der Waals surface area contributed by atoms with Gasteiger partial charge in [0.1, 0.15) is 6.04 Å². The molecule has 0 unspecified atom stereocenters. The molecule has 1 rings (SSSR count). The highest BCUT2D eigenvalue weighted by molar-refractivity contribution is 5.78. The summed E-state index contributed by atoms with van der Waals surface area (Å²) in [6.45, 7) is 0.582. The van der Waals surface area contributed by atoms with Gasteiger partial charge in [-0.2, -0.15) is 0 Å². The zero-order chi connectivity index (χ0) is 11.4. The number of esters is 2. The Morgan fingerprint density at radius 1 is 1.40 bits per heavy atom. The van der Waals surface area contributed by atoms with Gasteiger partial charge in [0, 0.05) is 12.6 Å². The highest BCUT2D eigenvalue weighted by Gasteiger charge is 2.36. The average molecular weight is 216 g/mol. The Morgan fingerprint density at radius 3 is 2.60 bits per heavy atom. The zero-order valence-electron chi connectivity index (χ0n) is 8.93. The Kier molecular flexibility index (Phi) is 4.05. The lowest BCUT2D eigenvalue weighted by molar-refractivity contribution is -0.148. The van der Waals surface area contributed by atoms with Gasteiger partial charge in [-0.15, -0.1) is 0 Å². The lowest BCUT2D eigenvalue weighted by Gasteiger charge is -2.20. The SMILES string of the molecule is COC(=O)CN1C[C@@H](N)C[C@H]1C(=O)OC. The van der Waals surface area contributed by atoms with E-state index in [9.17, 15) is 9.59 Å². The quantitative estimate of drug-likeness (QED) is 0.593. The van der Waals surface area contributed by atoms with E-state index in [4.69, 9.17) is 5.73 Å². The predicted molar refractivity (Wildman–Crippen MR) is 52.0 cm³/mol. The highest BCUT2D eigenvalue weighted by atomic mass is 16.5. The molecule has 6 nitrogen and oxygen atoms in total. The Bertz CT molecular complexity index is 256. The van der Waals surface area contributed by atoms with Crippen LogP contribution in [0.5, 0.6) is 0 Å². The monoisotopic (exact) mass is 216 g/mol. The molecule has 1 heterocycles. The normalized spacial score (nSPS) is 26.3. The minimum atomic E-state index is -0.427. The molecule has 0 bridgehead atoms. The fraction of sp³-hybridized carbons (Fsp3) is 0.778. The molecule has 0 aromatic rings. The summed E-state index contributed by atoms with van der Waals surface area (Å²) in [6.07, 6.45) is 0.518. The van der Waals surface area contributed by atoms with Crippen molar-refractivity contribution in [2.24, 2.45) is 5.73 Å². The van der Waals surface area contributed by atoms with Crippen molar-refractivity contribution in [3.05, 3.63) is 0 Å². The van der Waals surface area contributed by atoms with E-state index in [1.165, 1.54) is 14.2 Å².